The van der Waals surface area contributed by atoms with Crippen LogP contribution in [-0.2, 0) is 4.74 Å². The van der Waals surface area contributed by atoms with Gasteiger partial charge in [0.2, 0.25) is 5.95 Å². The fourth-order valence-corrected chi connectivity index (χ4v) is 2.32. The number of nitrogens with two attached hydrogens (primary N) is 1. The van der Waals surface area contributed by atoms with Crippen LogP contribution in [0.4, 0.5) is 11.8 Å². The van der Waals surface area contributed by atoms with Gasteiger partial charge in [0.05, 0.1) is 11.6 Å². The van der Waals surface area contributed by atoms with E-state index in [0.717, 1.165) is 30.8 Å². The molecule has 2 aromatic heterocycles. The standard InChI is InChI=1S/C12H19N7O/c1-20-5-4-12(2-3-12)7-14-9-8-6-15-19-10(8)17-11(16-9)18-13/h6H,2-5,7,13H2,1H3,(H3,14,15,16,17,18,19). The Kier molecular flexibility index (Phi) is 3.41. The number of methoxy groups -OCH3 is 1. The lowest BCUT2D eigenvalue weighted by Gasteiger charge is -2.16. The minimum absolute atomic E-state index is 0.341. The number of ether oxygens (including phenoxy) is 1. The zero-order valence-corrected chi connectivity index (χ0v) is 11.4. The summed E-state index contributed by atoms with van der Waals surface area (Å²) in [5.74, 6) is 6.50. The van der Waals surface area contributed by atoms with Gasteiger partial charge in [-0.25, -0.2) is 5.84 Å². The molecule has 0 aromatic carbocycles. The van der Waals surface area contributed by atoms with Crippen LogP contribution in [-0.4, -0.2) is 40.4 Å². The number of hydrazine groups is 1. The maximum atomic E-state index is 5.38. The first-order valence-corrected chi connectivity index (χ1v) is 6.67. The molecule has 1 aliphatic carbocycles. The number of anilines is 2. The first kappa shape index (κ1) is 13.1. The third-order valence-corrected chi connectivity index (χ3v) is 3.86. The van der Waals surface area contributed by atoms with Gasteiger partial charge in [-0.05, 0) is 24.7 Å². The first-order valence-electron chi connectivity index (χ1n) is 6.67. The summed E-state index contributed by atoms with van der Waals surface area (Å²) in [5, 5.41) is 11.1. The van der Waals surface area contributed by atoms with E-state index in [1.165, 1.54) is 12.8 Å². The van der Waals surface area contributed by atoms with Crippen molar-refractivity contribution in [3.05, 3.63) is 6.20 Å². The molecule has 0 amide bonds. The third-order valence-electron chi connectivity index (χ3n) is 3.86. The molecule has 0 unspecified atom stereocenters. The highest BCUT2D eigenvalue weighted by Crippen LogP contribution is 2.48. The molecular weight excluding hydrogens is 258 g/mol. The SMILES string of the molecule is COCCC1(CNc2nc(NN)nc3[nH]ncc23)CC1. The molecule has 0 atom stereocenters. The average Bonchev–Trinajstić information content (AvgIpc) is 3.09. The number of nitrogen functional groups attached to an aromatic ring is 1. The van der Waals surface area contributed by atoms with E-state index in [1.807, 2.05) is 0 Å². The third kappa shape index (κ3) is 2.52. The summed E-state index contributed by atoms with van der Waals surface area (Å²) in [6.07, 6.45) is 5.24. The summed E-state index contributed by atoms with van der Waals surface area (Å²) in [7, 11) is 1.74. The van der Waals surface area contributed by atoms with E-state index in [9.17, 15) is 0 Å². The molecule has 8 heteroatoms. The summed E-state index contributed by atoms with van der Waals surface area (Å²) in [6.45, 7) is 1.67. The second-order valence-corrected chi connectivity index (χ2v) is 5.27. The molecule has 2 heterocycles. The number of rotatable bonds is 7. The van der Waals surface area contributed by atoms with E-state index >= 15 is 0 Å². The molecule has 1 aliphatic rings. The van der Waals surface area contributed by atoms with Crippen molar-refractivity contribution in [2.75, 3.05) is 31.0 Å². The number of H-pyrrole nitrogens is 1. The Morgan fingerprint density at radius 2 is 2.30 bits per heavy atom. The molecule has 0 saturated heterocycles. The van der Waals surface area contributed by atoms with Crippen molar-refractivity contribution in [2.45, 2.75) is 19.3 Å². The lowest BCUT2D eigenvalue weighted by molar-refractivity contribution is 0.175. The van der Waals surface area contributed by atoms with E-state index in [-0.39, 0.29) is 0 Å². The molecule has 1 saturated carbocycles. The van der Waals surface area contributed by atoms with Crippen molar-refractivity contribution in [3.8, 4) is 0 Å². The molecule has 108 valence electrons. The molecule has 20 heavy (non-hydrogen) atoms. The van der Waals surface area contributed by atoms with Crippen LogP contribution >= 0.6 is 0 Å². The highest BCUT2D eigenvalue weighted by molar-refractivity contribution is 5.86. The van der Waals surface area contributed by atoms with Crippen LogP contribution in [0.1, 0.15) is 19.3 Å². The van der Waals surface area contributed by atoms with Crippen molar-refractivity contribution in [1.29, 1.82) is 0 Å². The molecule has 0 radical (unpaired) electrons. The monoisotopic (exact) mass is 277 g/mol. The number of aromatic nitrogens is 4. The molecule has 3 rings (SSSR count). The van der Waals surface area contributed by atoms with Crippen LogP contribution in [0.5, 0.6) is 0 Å². The molecule has 5 N–H and O–H groups in total. The van der Waals surface area contributed by atoms with Crippen LogP contribution in [0, 0.1) is 5.41 Å². The Bertz CT molecular complexity index is 593. The number of nitrogens with one attached hydrogen (secondary N) is 3. The number of hydrogen-bond donors (Lipinski definition) is 4. The fourth-order valence-electron chi connectivity index (χ4n) is 2.32. The van der Waals surface area contributed by atoms with Crippen LogP contribution in [0.2, 0.25) is 0 Å². The number of nitrogens with zero attached hydrogens (tertiary/aromatic N) is 3. The molecule has 0 spiro atoms. The number of fused-ring (bicyclic) bond motifs is 1. The van der Waals surface area contributed by atoms with Crippen LogP contribution in [0.3, 0.4) is 0 Å². The van der Waals surface area contributed by atoms with Gasteiger partial charge in [0.25, 0.3) is 0 Å². The lowest BCUT2D eigenvalue weighted by atomic mass is 10.0. The van der Waals surface area contributed by atoms with E-state index in [1.54, 1.807) is 13.3 Å². The lowest BCUT2D eigenvalue weighted by Crippen LogP contribution is -2.19. The summed E-state index contributed by atoms with van der Waals surface area (Å²) in [4.78, 5) is 8.55. The van der Waals surface area contributed by atoms with E-state index in [2.05, 4.69) is 30.9 Å². The minimum atomic E-state index is 0.341. The van der Waals surface area contributed by atoms with Crippen LogP contribution in [0.15, 0.2) is 6.20 Å². The van der Waals surface area contributed by atoms with Crippen LogP contribution in [0.25, 0.3) is 11.0 Å². The largest absolute Gasteiger partial charge is 0.385 e. The van der Waals surface area contributed by atoms with E-state index in [4.69, 9.17) is 10.6 Å². The summed E-state index contributed by atoms with van der Waals surface area (Å²) < 4.78 is 5.17. The van der Waals surface area contributed by atoms with Gasteiger partial charge in [0.15, 0.2) is 5.65 Å². The quantitative estimate of drug-likeness (QED) is 0.438. The summed E-state index contributed by atoms with van der Waals surface area (Å²) in [6, 6.07) is 0. The van der Waals surface area contributed by atoms with Gasteiger partial charge in [-0.3, -0.25) is 10.5 Å². The van der Waals surface area contributed by atoms with E-state index < -0.39 is 0 Å². The molecule has 0 aliphatic heterocycles. The fraction of sp³-hybridized carbons (Fsp3) is 0.583. The van der Waals surface area contributed by atoms with E-state index in [0.29, 0.717) is 17.0 Å². The topological polar surface area (TPSA) is 114 Å². The Morgan fingerprint density at radius 3 is 3.00 bits per heavy atom. The van der Waals surface area contributed by atoms with Gasteiger partial charge in [-0.1, -0.05) is 0 Å². The first-order chi connectivity index (χ1) is 9.76. The van der Waals surface area contributed by atoms with Crippen molar-refractivity contribution >= 4 is 22.8 Å². The highest BCUT2D eigenvalue weighted by atomic mass is 16.5. The van der Waals surface area contributed by atoms with Gasteiger partial charge in [-0.15, -0.1) is 0 Å². The predicted octanol–water partition coefficient (Wildman–Crippen LogP) is 0.867. The molecule has 8 nitrogen and oxygen atoms in total. The number of aromatic amines is 1. The van der Waals surface area contributed by atoms with Gasteiger partial charge >= 0.3 is 0 Å². The summed E-state index contributed by atoms with van der Waals surface area (Å²) >= 11 is 0. The summed E-state index contributed by atoms with van der Waals surface area (Å²) in [5.41, 5.74) is 3.47. The zero-order chi connectivity index (χ0) is 14.0. The smallest absolute Gasteiger partial charge is 0.241 e. The minimum Gasteiger partial charge on any atom is -0.385 e. The number of hydrogen-bond acceptors (Lipinski definition) is 7. The highest BCUT2D eigenvalue weighted by Gasteiger charge is 2.41. The van der Waals surface area contributed by atoms with Gasteiger partial charge < -0.3 is 10.1 Å². The zero-order valence-electron chi connectivity index (χ0n) is 11.4. The van der Waals surface area contributed by atoms with Gasteiger partial charge in [-0.2, -0.15) is 15.1 Å². The second-order valence-electron chi connectivity index (χ2n) is 5.27. The Labute approximate surface area is 116 Å². The van der Waals surface area contributed by atoms with Crippen molar-refractivity contribution in [2.24, 2.45) is 11.3 Å². The van der Waals surface area contributed by atoms with Crippen molar-refractivity contribution in [3.63, 3.8) is 0 Å². The van der Waals surface area contributed by atoms with Crippen molar-refractivity contribution in [1.82, 2.24) is 20.2 Å². The maximum absolute atomic E-state index is 5.38. The molecular formula is C12H19N7O. The molecule has 2 aromatic rings. The Morgan fingerprint density at radius 1 is 1.45 bits per heavy atom. The normalized spacial score (nSPS) is 16.3. The van der Waals surface area contributed by atoms with Crippen molar-refractivity contribution < 1.29 is 4.74 Å². The molecule has 0 bridgehead atoms. The predicted molar refractivity (Wildman–Crippen MR) is 76.1 cm³/mol. The maximum Gasteiger partial charge on any atom is 0.241 e. The van der Waals surface area contributed by atoms with Gasteiger partial charge in [0, 0.05) is 20.3 Å². The van der Waals surface area contributed by atoms with Crippen LogP contribution < -0.4 is 16.6 Å². The second kappa shape index (κ2) is 5.22. The average molecular weight is 277 g/mol. The Balaban J connectivity index is 1.75. The Hall–Kier alpha value is -1.93. The molecule has 1 fully saturated rings. The van der Waals surface area contributed by atoms with Gasteiger partial charge in [0.1, 0.15) is 5.82 Å².